The van der Waals surface area contributed by atoms with Crippen molar-refractivity contribution in [3.8, 4) is 5.75 Å². The summed E-state index contributed by atoms with van der Waals surface area (Å²) in [6.45, 7) is 8.65. The van der Waals surface area contributed by atoms with Gasteiger partial charge < -0.3 is 15.4 Å². The molecular formula is C17H28N2O2. The van der Waals surface area contributed by atoms with Gasteiger partial charge in [0.1, 0.15) is 5.75 Å². The number of ether oxygens (including phenoxy) is 1. The largest absolute Gasteiger partial charge is 0.480 e. The Kier molecular flexibility index (Phi) is 7.23. The fourth-order valence-electron chi connectivity index (χ4n) is 2.31. The number of para-hydroxylation sites is 1. The summed E-state index contributed by atoms with van der Waals surface area (Å²) in [4.78, 5) is 12.2. The van der Waals surface area contributed by atoms with Crippen molar-refractivity contribution in [3.63, 3.8) is 0 Å². The molecule has 118 valence electrons. The predicted molar refractivity (Wildman–Crippen MR) is 86.5 cm³/mol. The van der Waals surface area contributed by atoms with Crippen molar-refractivity contribution in [1.82, 2.24) is 10.6 Å². The smallest absolute Gasteiger partial charge is 0.260 e. The first-order chi connectivity index (χ1) is 9.99. The van der Waals surface area contributed by atoms with E-state index in [4.69, 9.17) is 4.74 Å². The van der Waals surface area contributed by atoms with E-state index in [0.29, 0.717) is 0 Å². The molecular weight excluding hydrogens is 264 g/mol. The molecule has 0 aliphatic rings. The highest BCUT2D eigenvalue weighted by molar-refractivity contribution is 5.81. The van der Waals surface area contributed by atoms with Crippen molar-refractivity contribution in [2.24, 2.45) is 0 Å². The summed E-state index contributed by atoms with van der Waals surface area (Å²) in [5.74, 6) is 0.743. The van der Waals surface area contributed by atoms with Gasteiger partial charge in [-0.1, -0.05) is 31.5 Å². The van der Waals surface area contributed by atoms with Gasteiger partial charge in [-0.05, 0) is 39.8 Å². The lowest BCUT2D eigenvalue weighted by atomic mass is 10.1. The van der Waals surface area contributed by atoms with Gasteiger partial charge in [-0.2, -0.15) is 0 Å². The van der Waals surface area contributed by atoms with Crippen molar-refractivity contribution in [2.75, 3.05) is 7.05 Å². The zero-order chi connectivity index (χ0) is 15.8. The van der Waals surface area contributed by atoms with Crippen molar-refractivity contribution in [1.29, 1.82) is 0 Å². The number of carbonyl (C=O) groups excluding carboxylic acids is 1. The molecule has 0 saturated heterocycles. The van der Waals surface area contributed by atoms with Gasteiger partial charge in [-0.15, -0.1) is 0 Å². The molecule has 2 N–H and O–H groups in total. The van der Waals surface area contributed by atoms with Crippen LogP contribution in [-0.4, -0.2) is 25.1 Å². The Labute approximate surface area is 128 Å². The summed E-state index contributed by atoms with van der Waals surface area (Å²) in [7, 11) is 1.90. The number of nitrogens with one attached hydrogen (secondary N) is 2. The second kappa shape index (κ2) is 8.67. The van der Waals surface area contributed by atoms with Gasteiger partial charge in [0, 0.05) is 18.2 Å². The first-order valence-electron chi connectivity index (χ1n) is 7.69. The average Bonchev–Trinajstić information content (AvgIpc) is 2.42. The van der Waals surface area contributed by atoms with Gasteiger partial charge in [0.2, 0.25) is 0 Å². The van der Waals surface area contributed by atoms with Crippen LogP contribution in [0, 0.1) is 6.92 Å². The van der Waals surface area contributed by atoms with Gasteiger partial charge >= 0.3 is 0 Å². The minimum atomic E-state index is -0.499. The summed E-state index contributed by atoms with van der Waals surface area (Å²) in [6.07, 6.45) is 1.54. The second-order valence-corrected chi connectivity index (χ2v) is 5.55. The molecule has 4 nitrogen and oxygen atoms in total. The zero-order valence-electron chi connectivity index (χ0n) is 13.8. The van der Waals surface area contributed by atoms with E-state index in [0.717, 1.165) is 36.3 Å². The molecule has 1 amide bonds. The topological polar surface area (TPSA) is 50.4 Å². The molecule has 0 bridgehead atoms. The molecule has 2 atom stereocenters. The van der Waals surface area contributed by atoms with Gasteiger partial charge in [-0.25, -0.2) is 0 Å². The van der Waals surface area contributed by atoms with E-state index < -0.39 is 6.10 Å². The van der Waals surface area contributed by atoms with Crippen LogP contribution < -0.4 is 15.4 Å². The van der Waals surface area contributed by atoms with E-state index in [1.807, 2.05) is 39.1 Å². The minimum Gasteiger partial charge on any atom is -0.480 e. The van der Waals surface area contributed by atoms with E-state index in [9.17, 15) is 4.79 Å². The molecule has 0 aliphatic carbocycles. The Bertz CT molecular complexity index is 460. The van der Waals surface area contributed by atoms with Crippen LogP contribution in [-0.2, 0) is 11.3 Å². The summed E-state index contributed by atoms with van der Waals surface area (Å²) in [5.41, 5.74) is 2.11. The lowest BCUT2D eigenvalue weighted by Gasteiger charge is -2.21. The molecule has 0 spiro atoms. The molecule has 2 unspecified atom stereocenters. The quantitative estimate of drug-likeness (QED) is 0.774. The number of benzene rings is 1. The first-order valence-corrected chi connectivity index (χ1v) is 7.69. The van der Waals surface area contributed by atoms with Crippen LogP contribution >= 0.6 is 0 Å². The molecule has 1 rings (SSSR count). The molecule has 0 radical (unpaired) electrons. The first kappa shape index (κ1) is 17.5. The van der Waals surface area contributed by atoms with E-state index in [1.54, 1.807) is 6.92 Å². The molecule has 0 saturated carbocycles. The Morgan fingerprint density at radius 2 is 2.05 bits per heavy atom. The third-order valence-corrected chi connectivity index (χ3v) is 3.43. The Hall–Kier alpha value is -1.55. The minimum absolute atomic E-state index is 0.0605. The maximum absolute atomic E-state index is 12.2. The van der Waals surface area contributed by atoms with Crippen LogP contribution in [0.3, 0.4) is 0 Å². The van der Waals surface area contributed by atoms with Crippen LogP contribution in [0.4, 0.5) is 0 Å². The van der Waals surface area contributed by atoms with Crippen LogP contribution in [0.1, 0.15) is 44.7 Å². The number of carbonyl (C=O) groups is 1. The van der Waals surface area contributed by atoms with Crippen molar-refractivity contribution in [3.05, 3.63) is 29.3 Å². The SMILES string of the molecule is CCCC(C)NC(=O)C(C)Oc1c(C)cccc1CNC. The Morgan fingerprint density at radius 3 is 2.67 bits per heavy atom. The standard InChI is InChI=1S/C17H28N2O2/c1-6-8-13(3)19-17(20)14(4)21-16-12(2)9-7-10-15(16)11-18-5/h7,9-10,13-14,18H,6,8,11H2,1-5H3,(H,19,20). The molecule has 0 aromatic heterocycles. The van der Waals surface area contributed by atoms with Crippen LogP contribution in [0.2, 0.25) is 0 Å². The molecule has 0 heterocycles. The third-order valence-electron chi connectivity index (χ3n) is 3.43. The predicted octanol–water partition coefficient (Wildman–Crippen LogP) is 2.79. The maximum atomic E-state index is 12.2. The van der Waals surface area contributed by atoms with Crippen molar-refractivity contribution in [2.45, 2.75) is 59.2 Å². The molecule has 4 heteroatoms. The number of hydrogen-bond donors (Lipinski definition) is 2. The molecule has 0 fully saturated rings. The average molecular weight is 292 g/mol. The fraction of sp³-hybridized carbons (Fsp3) is 0.588. The molecule has 1 aromatic carbocycles. The van der Waals surface area contributed by atoms with Crippen LogP contribution in [0.15, 0.2) is 18.2 Å². The second-order valence-electron chi connectivity index (χ2n) is 5.55. The van der Waals surface area contributed by atoms with E-state index >= 15 is 0 Å². The number of amides is 1. The van der Waals surface area contributed by atoms with E-state index in [-0.39, 0.29) is 11.9 Å². The normalized spacial score (nSPS) is 13.6. The van der Waals surface area contributed by atoms with Crippen molar-refractivity contribution < 1.29 is 9.53 Å². The zero-order valence-corrected chi connectivity index (χ0v) is 13.8. The highest BCUT2D eigenvalue weighted by atomic mass is 16.5. The molecule has 1 aromatic rings. The summed E-state index contributed by atoms with van der Waals surface area (Å²) in [6, 6.07) is 6.20. The third kappa shape index (κ3) is 5.38. The van der Waals surface area contributed by atoms with Gasteiger partial charge in [-0.3, -0.25) is 4.79 Å². The highest BCUT2D eigenvalue weighted by Crippen LogP contribution is 2.24. The van der Waals surface area contributed by atoms with Crippen molar-refractivity contribution >= 4 is 5.91 Å². The monoisotopic (exact) mass is 292 g/mol. The molecule has 0 aliphatic heterocycles. The van der Waals surface area contributed by atoms with E-state index in [1.165, 1.54) is 0 Å². The number of aryl methyl sites for hydroxylation is 1. The maximum Gasteiger partial charge on any atom is 0.260 e. The fourth-order valence-corrected chi connectivity index (χ4v) is 2.31. The van der Waals surface area contributed by atoms with Gasteiger partial charge in [0.25, 0.3) is 5.91 Å². The lowest BCUT2D eigenvalue weighted by Crippen LogP contribution is -2.41. The van der Waals surface area contributed by atoms with Crippen LogP contribution in [0.25, 0.3) is 0 Å². The Morgan fingerprint density at radius 1 is 1.33 bits per heavy atom. The Balaban J connectivity index is 2.74. The van der Waals surface area contributed by atoms with Gasteiger partial charge in [0.05, 0.1) is 0 Å². The number of hydrogen-bond acceptors (Lipinski definition) is 3. The lowest BCUT2D eigenvalue weighted by molar-refractivity contribution is -0.127. The highest BCUT2D eigenvalue weighted by Gasteiger charge is 2.18. The summed E-state index contributed by atoms with van der Waals surface area (Å²) in [5, 5.41) is 6.11. The van der Waals surface area contributed by atoms with E-state index in [2.05, 4.69) is 17.6 Å². The van der Waals surface area contributed by atoms with Gasteiger partial charge in [0.15, 0.2) is 6.10 Å². The van der Waals surface area contributed by atoms with Crippen LogP contribution in [0.5, 0.6) is 5.75 Å². The summed E-state index contributed by atoms with van der Waals surface area (Å²) >= 11 is 0. The summed E-state index contributed by atoms with van der Waals surface area (Å²) < 4.78 is 5.92. The molecule has 21 heavy (non-hydrogen) atoms. The number of rotatable bonds is 8.